The van der Waals surface area contributed by atoms with Gasteiger partial charge >= 0.3 is 0 Å². The van der Waals surface area contributed by atoms with Gasteiger partial charge in [-0.05, 0) is 61.6 Å². The first kappa shape index (κ1) is 31.2. The van der Waals surface area contributed by atoms with Gasteiger partial charge in [-0.25, -0.2) is 8.42 Å². The maximum Gasteiger partial charge on any atom is 0.264 e. The van der Waals surface area contributed by atoms with Crippen LogP contribution in [0.25, 0.3) is 0 Å². The fourth-order valence-corrected chi connectivity index (χ4v) is 5.99. The zero-order valence-electron chi connectivity index (χ0n) is 23.7. The Kier molecular flexibility index (Phi) is 10.8. The molecule has 0 saturated carbocycles. The van der Waals surface area contributed by atoms with Gasteiger partial charge in [0.15, 0.2) is 0 Å². The zero-order chi connectivity index (χ0) is 29.4. The molecule has 3 aromatic rings. The Hall–Kier alpha value is -3.36. The van der Waals surface area contributed by atoms with Crippen LogP contribution >= 0.6 is 11.6 Å². The number of carbonyl (C=O) groups is 2. The van der Waals surface area contributed by atoms with Crippen LogP contribution in [0.1, 0.15) is 43.9 Å². The number of amides is 2. The number of halogens is 1. The Morgan fingerprint density at radius 1 is 0.925 bits per heavy atom. The highest BCUT2D eigenvalue weighted by Crippen LogP contribution is 2.31. The van der Waals surface area contributed by atoms with Gasteiger partial charge in [0.1, 0.15) is 12.6 Å². The standard InChI is InChI=1S/C31H38ClN3O4S/c1-6-28(31(37)33-19-22(2)3)34(20-25-17-15-23(4)16-18-25)30(36)21-35(29-14-10-13-27(32)24(29)5)40(38,39)26-11-8-7-9-12-26/h7-18,22,28H,6,19-21H2,1-5H3,(H,33,37)/t28-/m1/s1. The largest absolute Gasteiger partial charge is 0.354 e. The Bertz CT molecular complexity index is 1410. The second-order valence-electron chi connectivity index (χ2n) is 10.3. The molecule has 7 nitrogen and oxygen atoms in total. The van der Waals surface area contributed by atoms with Crippen molar-refractivity contribution in [3.8, 4) is 0 Å². The third-order valence-corrected chi connectivity index (χ3v) is 8.85. The first-order chi connectivity index (χ1) is 18.9. The molecule has 2 amide bonds. The Balaban J connectivity index is 2.07. The van der Waals surface area contributed by atoms with Crippen molar-refractivity contribution in [1.82, 2.24) is 10.2 Å². The molecular weight excluding hydrogens is 546 g/mol. The van der Waals surface area contributed by atoms with E-state index in [-0.39, 0.29) is 23.3 Å². The molecule has 0 aliphatic heterocycles. The number of benzene rings is 3. The van der Waals surface area contributed by atoms with E-state index in [0.717, 1.165) is 15.4 Å². The van der Waals surface area contributed by atoms with Gasteiger partial charge in [0.25, 0.3) is 10.0 Å². The third-order valence-electron chi connectivity index (χ3n) is 6.66. The van der Waals surface area contributed by atoms with Crippen molar-refractivity contribution in [3.63, 3.8) is 0 Å². The highest BCUT2D eigenvalue weighted by Gasteiger charge is 2.34. The summed E-state index contributed by atoms with van der Waals surface area (Å²) in [6.45, 7) is 9.64. The summed E-state index contributed by atoms with van der Waals surface area (Å²) in [5, 5.41) is 3.32. The summed E-state index contributed by atoms with van der Waals surface area (Å²) >= 11 is 6.38. The number of hydrogen-bond acceptors (Lipinski definition) is 4. The van der Waals surface area contributed by atoms with Gasteiger partial charge < -0.3 is 10.2 Å². The zero-order valence-corrected chi connectivity index (χ0v) is 25.3. The van der Waals surface area contributed by atoms with E-state index in [0.29, 0.717) is 29.2 Å². The van der Waals surface area contributed by atoms with Crippen molar-refractivity contribution in [2.75, 3.05) is 17.4 Å². The van der Waals surface area contributed by atoms with E-state index in [1.165, 1.54) is 17.0 Å². The highest BCUT2D eigenvalue weighted by molar-refractivity contribution is 7.92. The quantitative estimate of drug-likeness (QED) is 0.295. The van der Waals surface area contributed by atoms with E-state index in [2.05, 4.69) is 5.32 Å². The van der Waals surface area contributed by atoms with Gasteiger partial charge in [-0.15, -0.1) is 0 Å². The first-order valence-corrected chi connectivity index (χ1v) is 15.2. The highest BCUT2D eigenvalue weighted by atomic mass is 35.5. The minimum Gasteiger partial charge on any atom is -0.354 e. The lowest BCUT2D eigenvalue weighted by molar-refractivity contribution is -0.140. The van der Waals surface area contributed by atoms with Gasteiger partial charge in [0.2, 0.25) is 11.8 Å². The van der Waals surface area contributed by atoms with Crippen LogP contribution in [0.3, 0.4) is 0 Å². The molecule has 40 heavy (non-hydrogen) atoms. The van der Waals surface area contributed by atoms with E-state index >= 15 is 0 Å². The van der Waals surface area contributed by atoms with Crippen molar-refractivity contribution in [2.24, 2.45) is 5.92 Å². The molecule has 0 unspecified atom stereocenters. The van der Waals surface area contributed by atoms with Crippen LogP contribution in [0.4, 0.5) is 5.69 Å². The molecule has 0 fully saturated rings. The molecule has 9 heteroatoms. The van der Waals surface area contributed by atoms with E-state index < -0.39 is 28.5 Å². The molecule has 0 spiro atoms. The molecule has 0 heterocycles. The number of nitrogens with zero attached hydrogens (tertiary/aromatic N) is 2. The van der Waals surface area contributed by atoms with E-state index in [1.54, 1.807) is 43.3 Å². The molecular formula is C31H38ClN3O4S. The van der Waals surface area contributed by atoms with Crippen LogP contribution in [0, 0.1) is 19.8 Å². The number of hydrogen-bond donors (Lipinski definition) is 1. The Morgan fingerprint density at radius 2 is 1.57 bits per heavy atom. The van der Waals surface area contributed by atoms with Crippen LogP contribution in [-0.2, 0) is 26.2 Å². The van der Waals surface area contributed by atoms with Gasteiger partial charge in [-0.2, -0.15) is 0 Å². The lowest BCUT2D eigenvalue weighted by Gasteiger charge is -2.33. The Morgan fingerprint density at radius 3 is 2.17 bits per heavy atom. The average Bonchev–Trinajstić information content (AvgIpc) is 2.93. The van der Waals surface area contributed by atoms with Crippen molar-refractivity contribution in [2.45, 2.75) is 58.5 Å². The van der Waals surface area contributed by atoms with E-state index in [1.807, 2.05) is 52.0 Å². The SMILES string of the molecule is CC[C@H](C(=O)NCC(C)C)N(Cc1ccc(C)cc1)C(=O)CN(c1cccc(Cl)c1C)S(=O)(=O)c1ccccc1. The van der Waals surface area contributed by atoms with Crippen LogP contribution in [-0.4, -0.2) is 44.3 Å². The van der Waals surface area contributed by atoms with Crippen molar-refractivity contribution < 1.29 is 18.0 Å². The summed E-state index contributed by atoms with van der Waals surface area (Å²) < 4.78 is 29.0. The molecule has 0 saturated heterocycles. The number of anilines is 1. The number of nitrogens with one attached hydrogen (secondary N) is 1. The second-order valence-corrected chi connectivity index (χ2v) is 12.5. The van der Waals surface area contributed by atoms with Crippen molar-refractivity contribution >= 4 is 39.1 Å². The molecule has 1 N–H and O–H groups in total. The normalized spacial score (nSPS) is 12.2. The fourth-order valence-electron chi connectivity index (χ4n) is 4.33. The van der Waals surface area contributed by atoms with E-state index in [9.17, 15) is 18.0 Å². The average molecular weight is 584 g/mol. The minimum atomic E-state index is -4.15. The summed E-state index contributed by atoms with van der Waals surface area (Å²) in [5.41, 5.74) is 2.74. The first-order valence-electron chi connectivity index (χ1n) is 13.4. The Labute approximate surface area is 243 Å². The molecule has 0 aliphatic rings. The fraction of sp³-hybridized carbons (Fsp3) is 0.355. The molecule has 0 radical (unpaired) electrons. The molecule has 214 valence electrons. The minimum absolute atomic E-state index is 0.0500. The number of carbonyl (C=O) groups excluding carboxylic acids is 2. The summed E-state index contributed by atoms with van der Waals surface area (Å²) in [6, 6.07) is 19.9. The second kappa shape index (κ2) is 13.8. The van der Waals surface area contributed by atoms with Gasteiger partial charge in [0.05, 0.1) is 10.6 Å². The molecule has 1 atom stereocenters. The summed E-state index contributed by atoms with van der Waals surface area (Å²) in [5.74, 6) is -0.529. The van der Waals surface area contributed by atoms with Crippen LogP contribution in [0.5, 0.6) is 0 Å². The number of aryl methyl sites for hydroxylation is 1. The molecule has 0 aromatic heterocycles. The lowest BCUT2D eigenvalue weighted by Crippen LogP contribution is -2.52. The summed E-state index contributed by atoms with van der Waals surface area (Å²) in [6.07, 6.45) is 0.364. The van der Waals surface area contributed by atoms with Gasteiger partial charge in [-0.3, -0.25) is 13.9 Å². The summed E-state index contributed by atoms with van der Waals surface area (Å²) in [4.78, 5) is 28.9. The monoisotopic (exact) mass is 583 g/mol. The maximum atomic E-state index is 14.1. The van der Waals surface area contributed by atoms with E-state index in [4.69, 9.17) is 11.6 Å². The summed E-state index contributed by atoms with van der Waals surface area (Å²) in [7, 11) is -4.15. The predicted molar refractivity (Wildman–Crippen MR) is 161 cm³/mol. The molecule has 3 rings (SSSR count). The predicted octanol–water partition coefficient (Wildman–Crippen LogP) is 5.73. The van der Waals surface area contributed by atoms with Crippen LogP contribution < -0.4 is 9.62 Å². The maximum absolute atomic E-state index is 14.1. The number of rotatable bonds is 12. The van der Waals surface area contributed by atoms with Gasteiger partial charge in [0, 0.05) is 18.1 Å². The smallest absolute Gasteiger partial charge is 0.264 e. The third kappa shape index (κ3) is 7.64. The molecule has 3 aromatic carbocycles. The molecule has 0 bridgehead atoms. The van der Waals surface area contributed by atoms with Crippen molar-refractivity contribution in [3.05, 3.63) is 94.5 Å². The lowest BCUT2D eigenvalue weighted by atomic mass is 10.1. The molecule has 0 aliphatic carbocycles. The topological polar surface area (TPSA) is 86.8 Å². The van der Waals surface area contributed by atoms with Crippen molar-refractivity contribution in [1.29, 1.82) is 0 Å². The van der Waals surface area contributed by atoms with Gasteiger partial charge in [-0.1, -0.05) is 86.5 Å². The number of sulfonamides is 1. The van der Waals surface area contributed by atoms with Crippen LogP contribution in [0.15, 0.2) is 77.7 Å². The van der Waals surface area contributed by atoms with Crippen LogP contribution in [0.2, 0.25) is 5.02 Å².